The Hall–Kier alpha value is -0.860. The van der Waals surface area contributed by atoms with Crippen molar-refractivity contribution in [1.29, 1.82) is 0 Å². The first-order valence-electron chi connectivity index (χ1n) is 8.30. The smallest absolute Gasteiger partial charge is 0.233 e. The second-order valence-corrected chi connectivity index (χ2v) is 8.46. The van der Waals surface area contributed by atoms with Gasteiger partial charge in [0, 0.05) is 26.2 Å². The van der Waals surface area contributed by atoms with Gasteiger partial charge in [0.1, 0.15) is 0 Å². The maximum absolute atomic E-state index is 12.3. The summed E-state index contributed by atoms with van der Waals surface area (Å²) in [4.78, 5) is 14.2. The average molecular weight is 357 g/mol. The lowest BCUT2D eigenvalue weighted by molar-refractivity contribution is -0.130. The van der Waals surface area contributed by atoms with Gasteiger partial charge in [-0.1, -0.05) is 30.0 Å². The fraction of sp³-hybridized carbons (Fsp3) is 0.800. The molecule has 6 nitrogen and oxygen atoms in total. The largest absolute Gasteiger partial charge is 0.376 e. The second kappa shape index (κ2) is 8.30. The minimum atomic E-state index is 0.214. The van der Waals surface area contributed by atoms with Crippen LogP contribution in [0.3, 0.4) is 0 Å². The lowest BCUT2D eigenvalue weighted by atomic mass is 10.0. The number of thioether (sulfide) groups is 1. The summed E-state index contributed by atoms with van der Waals surface area (Å²) in [7, 11) is 0. The van der Waals surface area contributed by atoms with Gasteiger partial charge in [0.15, 0.2) is 4.34 Å². The van der Waals surface area contributed by atoms with Crippen LogP contribution in [0.5, 0.6) is 0 Å². The summed E-state index contributed by atoms with van der Waals surface area (Å²) in [6.45, 7) is 5.64. The number of ether oxygens (including phenoxy) is 1. The van der Waals surface area contributed by atoms with Gasteiger partial charge < -0.3 is 15.0 Å². The van der Waals surface area contributed by atoms with Crippen LogP contribution >= 0.6 is 23.1 Å². The Balaban J connectivity index is 1.40. The van der Waals surface area contributed by atoms with Crippen molar-refractivity contribution in [3.63, 3.8) is 0 Å². The number of carbonyl (C=O) groups is 1. The molecule has 128 valence electrons. The average Bonchev–Trinajstić information content (AvgIpc) is 3.22. The maximum atomic E-state index is 12.3. The minimum absolute atomic E-state index is 0.214. The SMILES string of the molecule is CC1CCCN(C(=O)CSc2nnc(NCC3CCCO3)s2)C1. The monoisotopic (exact) mass is 356 g/mol. The molecule has 1 aromatic rings. The molecule has 3 heterocycles. The van der Waals surface area contributed by atoms with E-state index >= 15 is 0 Å². The van der Waals surface area contributed by atoms with E-state index in [4.69, 9.17) is 4.74 Å². The van der Waals surface area contributed by atoms with Crippen molar-refractivity contribution in [2.24, 2.45) is 5.92 Å². The van der Waals surface area contributed by atoms with Gasteiger partial charge in [-0.25, -0.2) is 0 Å². The molecule has 3 rings (SSSR count). The van der Waals surface area contributed by atoms with Crippen molar-refractivity contribution in [2.75, 3.05) is 37.3 Å². The number of anilines is 1. The Morgan fingerprint density at radius 2 is 2.35 bits per heavy atom. The highest BCUT2D eigenvalue weighted by molar-refractivity contribution is 8.01. The number of nitrogens with one attached hydrogen (secondary N) is 1. The number of piperidine rings is 1. The molecule has 0 saturated carbocycles. The predicted molar refractivity (Wildman–Crippen MR) is 93.1 cm³/mol. The first-order valence-corrected chi connectivity index (χ1v) is 10.1. The molecule has 1 aromatic heterocycles. The van der Waals surface area contributed by atoms with Crippen molar-refractivity contribution < 1.29 is 9.53 Å². The topological polar surface area (TPSA) is 67.4 Å². The number of rotatable bonds is 6. The second-order valence-electron chi connectivity index (χ2n) is 6.26. The quantitative estimate of drug-likeness (QED) is 0.790. The fourth-order valence-electron chi connectivity index (χ4n) is 2.98. The maximum Gasteiger partial charge on any atom is 0.233 e. The van der Waals surface area contributed by atoms with E-state index in [0.29, 0.717) is 11.7 Å². The highest BCUT2D eigenvalue weighted by Crippen LogP contribution is 2.26. The van der Waals surface area contributed by atoms with Crippen molar-refractivity contribution in [1.82, 2.24) is 15.1 Å². The molecule has 2 fully saturated rings. The third kappa shape index (κ3) is 5.06. The molecule has 1 N–H and O–H groups in total. The van der Waals surface area contributed by atoms with Crippen LogP contribution in [0.1, 0.15) is 32.6 Å². The summed E-state index contributed by atoms with van der Waals surface area (Å²) in [5.74, 6) is 1.28. The van der Waals surface area contributed by atoms with Crippen LogP contribution in [0.25, 0.3) is 0 Å². The van der Waals surface area contributed by atoms with Gasteiger partial charge in [0.2, 0.25) is 11.0 Å². The number of amides is 1. The first kappa shape index (κ1) is 17.0. The fourth-order valence-corrected chi connectivity index (χ4v) is 4.64. The molecule has 0 aliphatic carbocycles. The predicted octanol–water partition coefficient (Wildman–Crippen LogP) is 2.48. The van der Waals surface area contributed by atoms with E-state index < -0.39 is 0 Å². The van der Waals surface area contributed by atoms with E-state index in [9.17, 15) is 4.79 Å². The molecule has 23 heavy (non-hydrogen) atoms. The molecule has 0 bridgehead atoms. The van der Waals surface area contributed by atoms with Gasteiger partial charge in [0.05, 0.1) is 11.9 Å². The standard InChI is InChI=1S/C15H24N4O2S2/c1-11-4-2-6-19(9-11)13(20)10-22-15-18-17-14(23-15)16-8-12-5-3-7-21-12/h11-12H,2-10H2,1H3,(H,16,17). The van der Waals surface area contributed by atoms with E-state index in [1.807, 2.05) is 4.90 Å². The van der Waals surface area contributed by atoms with E-state index in [0.717, 1.165) is 55.0 Å². The molecule has 2 aliphatic rings. The van der Waals surface area contributed by atoms with Gasteiger partial charge in [-0.3, -0.25) is 4.79 Å². The van der Waals surface area contributed by atoms with E-state index in [1.165, 1.54) is 29.5 Å². The Bertz CT molecular complexity index is 519. The molecule has 2 atom stereocenters. The molecule has 2 unspecified atom stereocenters. The first-order chi connectivity index (χ1) is 11.2. The Labute approximate surface area is 145 Å². The molecule has 2 saturated heterocycles. The van der Waals surface area contributed by atoms with Crippen LogP contribution in [0.4, 0.5) is 5.13 Å². The molecular formula is C15H24N4O2S2. The third-order valence-electron chi connectivity index (χ3n) is 4.24. The third-order valence-corrected chi connectivity index (χ3v) is 6.24. The van der Waals surface area contributed by atoms with Crippen LogP contribution in [0.15, 0.2) is 4.34 Å². The van der Waals surface area contributed by atoms with Crippen molar-refractivity contribution in [3.8, 4) is 0 Å². The number of aromatic nitrogens is 2. The van der Waals surface area contributed by atoms with Crippen molar-refractivity contribution in [3.05, 3.63) is 0 Å². The molecular weight excluding hydrogens is 332 g/mol. The number of likely N-dealkylation sites (tertiary alicyclic amines) is 1. The van der Waals surface area contributed by atoms with Gasteiger partial charge in [0.25, 0.3) is 0 Å². The number of hydrogen-bond donors (Lipinski definition) is 1. The summed E-state index contributed by atoms with van der Waals surface area (Å²) in [5.41, 5.74) is 0. The van der Waals surface area contributed by atoms with Crippen LogP contribution in [0.2, 0.25) is 0 Å². The molecule has 2 aliphatic heterocycles. The van der Waals surface area contributed by atoms with Crippen LogP contribution in [-0.4, -0.2) is 59.1 Å². The zero-order valence-corrected chi connectivity index (χ0v) is 15.1. The van der Waals surface area contributed by atoms with E-state index in [2.05, 4.69) is 22.4 Å². The molecule has 0 radical (unpaired) electrons. The highest BCUT2D eigenvalue weighted by Gasteiger charge is 2.21. The summed E-state index contributed by atoms with van der Waals surface area (Å²) in [6.07, 6.45) is 4.88. The van der Waals surface area contributed by atoms with E-state index in [-0.39, 0.29) is 12.0 Å². The molecule has 1 amide bonds. The van der Waals surface area contributed by atoms with Gasteiger partial charge in [-0.2, -0.15) is 0 Å². The van der Waals surface area contributed by atoms with E-state index in [1.54, 1.807) is 0 Å². The number of carbonyl (C=O) groups excluding carboxylic acids is 1. The normalized spacial score (nSPS) is 24.8. The zero-order valence-electron chi connectivity index (χ0n) is 13.5. The lowest BCUT2D eigenvalue weighted by Crippen LogP contribution is -2.40. The summed E-state index contributed by atoms with van der Waals surface area (Å²) in [5, 5.41) is 12.4. The Morgan fingerprint density at radius 3 is 3.13 bits per heavy atom. The zero-order chi connectivity index (χ0) is 16.1. The Kier molecular flexibility index (Phi) is 6.13. The summed E-state index contributed by atoms with van der Waals surface area (Å²) in [6, 6.07) is 0. The molecule has 8 heteroatoms. The highest BCUT2D eigenvalue weighted by atomic mass is 32.2. The molecule has 0 spiro atoms. The van der Waals surface area contributed by atoms with Crippen LogP contribution in [0, 0.1) is 5.92 Å². The van der Waals surface area contributed by atoms with Crippen molar-refractivity contribution in [2.45, 2.75) is 43.1 Å². The number of hydrogen-bond acceptors (Lipinski definition) is 7. The van der Waals surface area contributed by atoms with Gasteiger partial charge >= 0.3 is 0 Å². The number of nitrogens with zero attached hydrogens (tertiary/aromatic N) is 3. The van der Waals surface area contributed by atoms with Crippen LogP contribution < -0.4 is 5.32 Å². The lowest BCUT2D eigenvalue weighted by Gasteiger charge is -2.30. The van der Waals surface area contributed by atoms with Gasteiger partial charge in [-0.15, -0.1) is 10.2 Å². The van der Waals surface area contributed by atoms with Crippen LogP contribution in [-0.2, 0) is 9.53 Å². The summed E-state index contributed by atoms with van der Waals surface area (Å²) < 4.78 is 6.42. The van der Waals surface area contributed by atoms with Gasteiger partial charge in [-0.05, 0) is 31.6 Å². The minimum Gasteiger partial charge on any atom is -0.376 e. The summed E-state index contributed by atoms with van der Waals surface area (Å²) >= 11 is 2.99. The van der Waals surface area contributed by atoms with Crippen molar-refractivity contribution >= 4 is 34.1 Å². The molecule has 0 aromatic carbocycles. The Morgan fingerprint density at radius 1 is 1.43 bits per heavy atom.